The summed E-state index contributed by atoms with van der Waals surface area (Å²) in [6.45, 7) is 1.18. The van der Waals surface area contributed by atoms with Gasteiger partial charge in [-0.2, -0.15) is 0 Å². The van der Waals surface area contributed by atoms with Crippen molar-refractivity contribution in [1.29, 1.82) is 0 Å². The van der Waals surface area contributed by atoms with Crippen molar-refractivity contribution in [2.45, 2.75) is 13.5 Å². The van der Waals surface area contributed by atoms with E-state index in [2.05, 4.69) is 15.0 Å². The van der Waals surface area contributed by atoms with Crippen LogP contribution in [-0.4, -0.2) is 37.2 Å². The molecule has 3 N–H and O–H groups in total. The molecule has 0 aliphatic carbocycles. The van der Waals surface area contributed by atoms with Crippen molar-refractivity contribution >= 4 is 44.2 Å². The average Bonchev–Trinajstić information content (AvgIpc) is 3.21. The van der Waals surface area contributed by atoms with Crippen LogP contribution in [0.15, 0.2) is 52.9 Å². The summed E-state index contributed by atoms with van der Waals surface area (Å²) in [4.78, 5) is 17.2. The van der Waals surface area contributed by atoms with Crippen LogP contribution < -0.4 is 10.0 Å². The second kappa shape index (κ2) is 9.65. The summed E-state index contributed by atoms with van der Waals surface area (Å²) in [6, 6.07) is 11.7. The highest BCUT2D eigenvalue weighted by atomic mass is 35.5. The predicted molar refractivity (Wildman–Crippen MR) is 132 cm³/mol. The Morgan fingerprint density at radius 1 is 1.17 bits per heavy atom. The molecule has 2 aromatic carbocycles. The number of hydrogen-bond donors (Lipinski definition) is 3. The first-order valence-electron chi connectivity index (χ1n) is 10.5. The topological polar surface area (TPSA) is 122 Å². The van der Waals surface area contributed by atoms with E-state index >= 15 is 0 Å². The molecule has 0 saturated carbocycles. The Labute approximate surface area is 205 Å². The third-order valence-electron chi connectivity index (χ3n) is 5.41. The molecule has 2 aromatic heterocycles. The number of carbonyl (C=O) groups is 1. The quantitative estimate of drug-likeness (QED) is 0.309. The maximum Gasteiger partial charge on any atom is 0.255 e. The van der Waals surface area contributed by atoms with E-state index in [4.69, 9.17) is 16.0 Å². The number of benzene rings is 2. The van der Waals surface area contributed by atoms with Gasteiger partial charge in [0.05, 0.1) is 29.3 Å². The molecule has 8 nitrogen and oxygen atoms in total. The number of carbonyl (C=O) groups excluding carboxylic acids is 1. The fourth-order valence-corrected chi connectivity index (χ4v) is 4.43. The van der Waals surface area contributed by atoms with Crippen molar-refractivity contribution in [2.75, 3.05) is 17.5 Å². The summed E-state index contributed by atoms with van der Waals surface area (Å²) in [6.07, 6.45) is 0. The lowest BCUT2D eigenvalue weighted by Gasteiger charge is -2.13. The molecule has 35 heavy (non-hydrogen) atoms. The maximum absolute atomic E-state index is 13.5. The van der Waals surface area contributed by atoms with Gasteiger partial charge in [-0.25, -0.2) is 17.8 Å². The number of aliphatic hydroxyl groups excluding tert-OH is 1. The summed E-state index contributed by atoms with van der Waals surface area (Å²) in [5.41, 5.74) is 2.12. The molecule has 0 bridgehead atoms. The number of hydrogen-bond acceptors (Lipinski definition) is 6. The van der Waals surface area contributed by atoms with Crippen LogP contribution in [-0.2, 0) is 16.6 Å². The lowest BCUT2D eigenvalue weighted by Crippen LogP contribution is -2.18. The number of anilines is 1. The zero-order chi connectivity index (χ0) is 25.3. The van der Waals surface area contributed by atoms with Gasteiger partial charge in [-0.15, -0.1) is 0 Å². The van der Waals surface area contributed by atoms with E-state index in [0.29, 0.717) is 27.8 Å². The first-order valence-corrected chi connectivity index (χ1v) is 12.6. The first kappa shape index (κ1) is 24.6. The van der Waals surface area contributed by atoms with Gasteiger partial charge < -0.3 is 14.8 Å². The molecule has 0 atom stereocenters. The molecule has 182 valence electrons. The Balaban J connectivity index is 2.03. The van der Waals surface area contributed by atoms with Crippen LogP contribution >= 0.6 is 11.6 Å². The third-order valence-corrected chi connectivity index (χ3v) is 7.02. The third kappa shape index (κ3) is 4.86. The molecular weight excluding hydrogens is 497 g/mol. The van der Waals surface area contributed by atoms with E-state index in [-0.39, 0.29) is 40.1 Å². The van der Waals surface area contributed by atoms with Crippen LogP contribution in [0.5, 0.6) is 0 Å². The maximum atomic E-state index is 13.5. The van der Waals surface area contributed by atoms with E-state index in [9.17, 15) is 22.7 Å². The number of halogens is 2. The molecule has 2 heterocycles. The molecule has 4 aromatic rings. The molecule has 0 aliphatic heterocycles. The van der Waals surface area contributed by atoms with Crippen LogP contribution in [0.2, 0.25) is 5.15 Å². The van der Waals surface area contributed by atoms with Gasteiger partial charge in [0.2, 0.25) is 10.0 Å². The standard InChI is InChI=1S/C24H21ClFN3O5S/c1-3-35(32,33)29-19-11-20-17(10-16(19)18-9-6-14(12-30)23(25)28-18)21(24(31)27-2)22(34-20)13-4-7-15(26)8-5-13/h4-11,29-30H,3,12H2,1-2H3,(H,27,31). The number of rotatable bonds is 7. The number of aromatic nitrogens is 1. The first-order chi connectivity index (χ1) is 16.7. The van der Waals surface area contributed by atoms with Crippen molar-refractivity contribution in [1.82, 2.24) is 10.3 Å². The Hall–Kier alpha value is -3.47. The lowest BCUT2D eigenvalue weighted by molar-refractivity contribution is 0.0964. The minimum atomic E-state index is -3.69. The minimum Gasteiger partial charge on any atom is -0.455 e. The number of fused-ring (bicyclic) bond motifs is 1. The fourth-order valence-electron chi connectivity index (χ4n) is 3.56. The Kier molecular flexibility index (Phi) is 6.79. The summed E-state index contributed by atoms with van der Waals surface area (Å²) in [7, 11) is -2.22. The van der Waals surface area contributed by atoms with Gasteiger partial charge >= 0.3 is 0 Å². The lowest BCUT2D eigenvalue weighted by atomic mass is 10.0. The number of nitrogens with one attached hydrogen (secondary N) is 2. The SMILES string of the molecule is CCS(=O)(=O)Nc1cc2oc(-c3ccc(F)cc3)c(C(=O)NC)c2cc1-c1ccc(CO)c(Cl)n1. The van der Waals surface area contributed by atoms with Crippen molar-refractivity contribution in [3.63, 3.8) is 0 Å². The number of furan rings is 1. The zero-order valence-electron chi connectivity index (χ0n) is 18.7. The predicted octanol–water partition coefficient (Wildman–Crippen LogP) is 4.57. The van der Waals surface area contributed by atoms with Gasteiger partial charge in [0, 0.05) is 35.2 Å². The summed E-state index contributed by atoms with van der Waals surface area (Å²) in [5, 5.41) is 12.4. The van der Waals surface area contributed by atoms with Crippen molar-refractivity contribution in [3.8, 4) is 22.6 Å². The van der Waals surface area contributed by atoms with E-state index in [0.717, 1.165) is 0 Å². The Morgan fingerprint density at radius 2 is 1.89 bits per heavy atom. The van der Waals surface area contributed by atoms with Crippen molar-refractivity contribution in [3.05, 3.63) is 70.6 Å². The van der Waals surface area contributed by atoms with E-state index in [1.165, 1.54) is 44.3 Å². The van der Waals surface area contributed by atoms with Crippen molar-refractivity contribution in [2.24, 2.45) is 0 Å². The van der Waals surface area contributed by atoms with Crippen LogP contribution in [0.3, 0.4) is 0 Å². The van der Waals surface area contributed by atoms with Gasteiger partial charge in [0.15, 0.2) is 0 Å². The molecule has 0 radical (unpaired) electrons. The fraction of sp³-hybridized carbons (Fsp3) is 0.167. The molecule has 1 amide bonds. The van der Waals surface area contributed by atoms with Gasteiger partial charge in [-0.3, -0.25) is 9.52 Å². The number of amides is 1. The van der Waals surface area contributed by atoms with E-state index in [1.807, 2.05) is 0 Å². The van der Waals surface area contributed by atoms with E-state index < -0.39 is 21.7 Å². The molecule has 0 fully saturated rings. The molecule has 4 rings (SSSR count). The monoisotopic (exact) mass is 517 g/mol. The molecule has 0 spiro atoms. The molecule has 0 saturated heterocycles. The second-order valence-electron chi connectivity index (χ2n) is 7.60. The van der Waals surface area contributed by atoms with Gasteiger partial charge in [0.25, 0.3) is 5.91 Å². The van der Waals surface area contributed by atoms with Crippen LogP contribution in [0.25, 0.3) is 33.6 Å². The molecule has 0 aliphatic rings. The summed E-state index contributed by atoms with van der Waals surface area (Å²) < 4.78 is 46.8. The Morgan fingerprint density at radius 3 is 2.49 bits per heavy atom. The number of nitrogens with zero attached hydrogens (tertiary/aromatic N) is 1. The van der Waals surface area contributed by atoms with Crippen LogP contribution in [0, 0.1) is 5.82 Å². The average molecular weight is 518 g/mol. The highest BCUT2D eigenvalue weighted by Gasteiger charge is 2.25. The smallest absolute Gasteiger partial charge is 0.255 e. The number of aliphatic hydroxyl groups is 1. The molecular formula is C24H21ClFN3O5S. The Bertz CT molecular complexity index is 1540. The second-order valence-corrected chi connectivity index (χ2v) is 9.97. The number of pyridine rings is 1. The molecule has 11 heteroatoms. The summed E-state index contributed by atoms with van der Waals surface area (Å²) >= 11 is 6.19. The number of sulfonamides is 1. The van der Waals surface area contributed by atoms with Gasteiger partial charge in [0.1, 0.15) is 22.3 Å². The zero-order valence-corrected chi connectivity index (χ0v) is 20.3. The van der Waals surface area contributed by atoms with Crippen LogP contribution in [0.1, 0.15) is 22.8 Å². The van der Waals surface area contributed by atoms with E-state index in [1.54, 1.807) is 18.2 Å². The van der Waals surface area contributed by atoms with Gasteiger partial charge in [-0.05, 0) is 43.3 Å². The normalized spacial score (nSPS) is 11.6. The van der Waals surface area contributed by atoms with Gasteiger partial charge in [-0.1, -0.05) is 17.7 Å². The van der Waals surface area contributed by atoms with Crippen molar-refractivity contribution < 1.29 is 27.1 Å². The summed E-state index contributed by atoms with van der Waals surface area (Å²) in [5.74, 6) is -0.871. The highest BCUT2D eigenvalue weighted by Crippen LogP contribution is 2.40. The minimum absolute atomic E-state index is 0.0557. The molecule has 0 unspecified atom stereocenters. The van der Waals surface area contributed by atoms with Crippen LogP contribution in [0.4, 0.5) is 10.1 Å². The highest BCUT2D eigenvalue weighted by molar-refractivity contribution is 7.92. The largest absolute Gasteiger partial charge is 0.455 e.